The highest BCUT2D eigenvalue weighted by Crippen LogP contribution is 2.39. The van der Waals surface area contributed by atoms with Crippen molar-refractivity contribution in [2.45, 2.75) is 181 Å². The number of sulfonamides is 1. The SMILES string of the molecule is C1CSCN1.CC(C)C1CCC(C(=O)N[C@H](Cc2ccccc2)C(=O)O)CC1.CCOc1cc(CC(=O)N[C@@H](CC(C)C)c2ccccc2N2CCCCC2)ccc1C(=O)O.Cc1ccc(S(=O)(=O)NC(=O)NN2CC3CCCC3C2)cc1.O=C(O)[C@H](CC(=O)N1C[C@H]2CCCC[C@H]2C1)Cc1ccccc1. The number of ether oxygens (including phenoxy) is 1. The van der Waals surface area contributed by atoms with Crippen molar-refractivity contribution in [2.24, 2.45) is 53.3 Å². The third-order valence-electron chi connectivity index (χ3n) is 21.6. The van der Waals surface area contributed by atoms with Crippen LogP contribution in [0.1, 0.15) is 182 Å². The molecule has 3 saturated carbocycles. The predicted molar refractivity (Wildman–Crippen MR) is 417 cm³/mol. The van der Waals surface area contributed by atoms with Gasteiger partial charge >= 0.3 is 23.9 Å². The standard InChI is InChI=1S/C27H36N2O4.C19H25NO3.C19H27NO3.C15H21N3O3S.C3H7NS/c1-4-33-25-17-20(12-13-22(25)27(31)32)18-26(30)28-23(16-19(2)3)21-10-6-7-11-24(21)29-14-8-5-9-15-29;21-18(20-12-15-8-4-5-9-16(15)13-20)11-17(19(22)23)10-14-6-2-1-3-7-14;1-13(2)15-8-10-16(11-9-15)18(21)20-17(19(22)23)12-14-6-4-3-5-7-14;1-11-5-7-14(8-6-11)22(20,21)17-15(19)16-18-9-12-3-2-4-13(12)10-18;1-2-5-3-4-1/h6-7,10-13,17,19,23H,4-5,8-9,14-16,18H2,1-3H3,(H,28,30)(H,31,32);1-3,6-7,15-17H,4-5,8-13H2,(H,22,23);3-7,13,15-17H,8-12H2,1-2H3,(H,20,21)(H,22,23);5-8,12-13H,2-4,9-10H2,1H3,(H2,16,17,19);4H,1-3H2/t23-;15-,16+,17-;15?,16?,17-;;/m001../s1. The summed E-state index contributed by atoms with van der Waals surface area (Å²) in [5, 5.41) is 39.2. The first-order valence-electron chi connectivity index (χ1n) is 38.6. The lowest BCUT2D eigenvalue weighted by molar-refractivity contribution is -0.145. The summed E-state index contributed by atoms with van der Waals surface area (Å²) < 4.78 is 31.8. The van der Waals surface area contributed by atoms with E-state index in [-0.39, 0.29) is 53.0 Å². The van der Waals surface area contributed by atoms with Crippen LogP contribution >= 0.6 is 11.8 Å². The molecule has 21 nitrogen and oxygen atoms in total. The number of hydrogen-bond donors (Lipinski definition) is 8. The number of hydrogen-bond acceptors (Lipinski definition) is 14. The molecule has 0 spiro atoms. The highest BCUT2D eigenvalue weighted by Gasteiger charge is 2.39. The van der Waals surface area contributed by atoms with Crippen molar-refractivity contribution in [3.05, 3.63) is 161 Å². The minimum atomic E-state index is -3.83. The maximum absolute atomic E-state index is 13.1. The Kier molecular flexibility index (Phi) is 33.6. The minimum absolute atomic E-state index is 0.0164. The molecule has 0 bridgehead atoms. The van der Waals surface area contributed by atoms with Crippen LogP contribution < -0.4 is 35.7 Å². The van der Waals surface area contributed by atoms with Crippen molar-refractivity contribution >= 4 is 69.1 Å². The lowest BCUT2D eigenvalue weighted by atomic mass is 9.76. The molecule has 4 aliphatic heterocycles. The number of nitrogens with one attached hydrogen (secondary N) is 5. The summed E-state index contributed by atoms with van der Waals surface area (Å²) in [6.07, 6.45) is 18.1. The molecule has 4 saturated heterocycles. The van der Waals surface area contributed by atoms with Crippen molar-refractivity contribution < 1.29 is 62.0 Å². The number of amides is 5. The van der Waals surface area contributed by atoms with Crippen LogP contribution in [0.15, 0.2) is 132 Å². The van der Waals surface area contributed by atoms with E-state index in [1.807, 2.05) is 95.3 Å². The van der Waals surface area contributed by atoms with Gasteiger partial charge in [-0.05, 0) is 191 Å². The van der Waals surface area contributed by atoms with Gasteiger partial charge in [-0.2, -0.15) is 0 Å². The van der Waals surface area contributed by atoms with Crippen molar-refractivity contribution in [3.63, 3.8) is 0 Å². The van der Waals surface area contributed by atoms with E-state index in [1.165, 1.54) is 106 Å². The van der Waals surface area contributed by atoms with E-state index in [0.717, 1.165) is 99.2 Å². The molecule has 5 aromatic carbocycles. The summed E-state index contributed by atoms with van der Waals surface area (Å²) in [6, 6.07) is 37.0. The van der Waals surface area contributed by atoms with Crippen LogP contribution in [0.25, 0.3) is 0 Å². The highest BCUT2D eigenvalue weighted by atomic mass is 32.2. The number of carbonyl (C=O) groups excluding carboxylic acids is 4. The number of benzene rings is 5. The zero-order valence-electron chi connectivity index (χ0n) is 63.1. The molecule has 3 aliphatic carbocycles. The van der Waals surface area contributed by atoms with Gasteiger partial charge in [0.1, 0.15) is 17.4 Å². The summed E-state index contributed by atoms with van der Waals surface area (Å²) in [5.41, 5.74) is 8.72. The second-order valence-corrected chi connectivity index (χ2v) is 33.1. The number of nitrogens with zero attached hydrogens (tertiary/aromatic N) is 3. The molecular formula is C83H116N8O13S2. The Balaban J connectivity index is 0.000000176. The Bertz CT molecular complexity index is 3690. The topological polar surface area (TPSA) is 293 Å². The van der Waals surface area contributed by atoms with Crippen molar-refractivity contribution in [1.82, 2.24) is 36.0 Å². The molecule has 2 unspecified atom stereocenters. The average Bonchev–Trinajstić information content (AvgIpc) is 1.74. The zero-order chi connectivity index (χ0) is 76.1. The van der Waals surface area contributed by atoms with Crippen LogP contribution in [0.2, 0.25) is 0 Å². The van der Waals surface area contributed by atoms with E-state index in [1.54, 1.807) is 31.2 Å². The Morgan fingerprint density at radius 3 is 1.78 bits per heavy atom. The number of aryl methyl sites for hydroxylation is 1. The Morgan fingerprint density at radius 2 is 1.24 bits per heavy atom. The molecule has 7 atom stereocenters. The first kappa shape index (κ1) is 83.6. The monoisotopic (exact) mass is 1500 g/mol. The number of piperidine rings is 1. The minimum Gasteiger partial charge on any atom is -0.493 e. The number of carbonyl (C=O) groups is 7. The summed E-state index contributed by atoms with van der Waals surface area (Å²) in [6.45, 7) is 19.4. The van der Waals surface area contributed by atoms with Crippen LogP contribution in [-0.4, -0.2) is 145 Å². The number of aliphatic carboxylic acids is 2. The van der Waals surface area contributed by atoms with Gasteiger partial charge < -0.3 is 45.8 Å². The molecular weight excluding hydrogens is 1380 g/mol. The number of carboxylic acid groups (broad SMARTS) is 3. The number of anilines is 1. The van der Waals surface area contributed by atoms with E-state index in [0.29, 0.717) is 66.6 Å². The number of para-hydroxylation sites is 1. The normalized spacial score (nSPS) is 21.2. The van der Waals surface area contributed by atoms with E-state index in [4.69, 9.17) is 4.74 Å². The molecule has 4 heterocycles. The fourth-order valence-electron chi connectivity index (χ4n) is 15.7. The molecule has 7 fully saturated rings. The van der Waals surface area contributed by atoms with Crippen LogP contribution in [0.4, 0.5) is 10.5 Å². The quantitative estimate of drug-likeness (QED) is 0.0285. The van der Waals surface area contributed by atoms with Gasteiger partial charge in [0.2, 0.25) is 17.7 Å². The lowest BCUT2D eigenvalue weighted by Crippen LogP contribution is -2.48. The van der Waals surface area contributed by atoms with Crippen LogP contribution in [0, 0.1) is 60.2 Å². The Labute approximate surface area is 632 Å². The molecule has 0 aromatic heterocycles. The van der Waals surface area contributed by atoms with Gasteiger partial charge in [0, 0.05) is 81.9 Å². The molecule has 23 heteroatoms. The predicted octanol–water partition coefficient (Wildman–Crippen LogP) is 13.4. The summed E-state index contributed by atoms with van der Waals surface area (Å²) in [7, 11) is -3.83. The zero-order valence-corrected chi connectivity index (χ0v) is 64.7. The number of likely N-dealkylation sites (tertiary alicyclic amines) is 1. The summed E-state index contributed by atoms with van der Waals surface area (Å²) in [5.74, 6) is 3.36. The number of fused-ring (bicyclic) bond motifs is 2. The number of carboxylic acids is 3. The molecule has 578 valence electrons. The lowest BCUT2D eigenvalue weighted by Gasteiger charge is -2.33. The van der Waals surface area contributed by atoms with Crippen molar-refractivity contribution in [3.8, 4) is 5.75 Å². The molecule has 106 heavy (non-hydrogen) atoms. The first-order valence-corrected chi connectivity index (χ1v) is 41.2. The third kappa shape index (κ3) is 26.7. The van der Waals surface area contributed by atoms with Gasteiger partial charge in [0.05, 0.1) is 29.9 Å². The second-order valence-electron chi connectivity index (χ2n) is 30.3. The molecule has 7 aliphatic rings. The second kappa shape index (κ2) is 42.5. The maximum Gasteiger partial charge on any atom is 0.343 e. The van der Waals surface area contributed by atoms with Crippen LogP contribution in [0.3, 0.4) is 0 Å². The smallest absolute Gasteiger partial charge is 0.343 e. The number of thioether (sulfide) groups is 1. The van der Waals surface area contributed by atoms with Crippen LogP contribution in [-0.2, 0) is 53.3 Å². The molecule has 8 N–H and O–H groups in total. The van der Waals surface area contributed by atoms with E-state index in [9.17, 15) is 57.3 Å². The molecule has 0 radical (unpaired) electrons. The van der Waals surface area contributed by atoms with Crippen molar-refractivity contribution in [1.29, 1.82) is 0 Å². The highest BCUT2D eigenvalue weighted by molar-refractivity contribution is 7.99. The Hall–Kier alpha value is -7.99. The van der Waals surface area contributed by atoms with E-state index < -0.39 is 45.9 Å². The number of aromatic carboxylic acids is 1. The Morgan fingerprint density at radius 1 is 0.642 bits per heavy atom. The average molecular weight is 1500 g/mol. The van der Waals surface area contributed by atoms with Crippen molar-refractivity contribution in [2.75, 3.05) is 68.9 Å². The van der Waals surface area contributed by atoms with Crippen LogP contribution in [0.5, 0.6) is 5.75 Å². The van der Waals surface area contributed by atoms with Gasteiger partial charge in [-0.1, -0.05) is 150 Å². The fraction of sp³-hybridized carbons (Fsp3) is 0.554. The fourth-order valence-corrected chi connectivity index (χ4v) is 17.4. The largest absolute Gasteiger partial charge is 0.493 e. The molecule has 5 aromatic rings. The van der Waals surface area contributed by atoms with Gasteiger partial charge in [0.25, 0.3) is 10.0 Å². The third-order valence-corrected chi connectivity index (χ3v) is 23.8. The number of hydrazine groups is 1. The van der Waals surface area contributed by atoms with E-state index in [2.05, 4.69) is 76.9 Å². The van der Waals surface area contributed by atoms with Gasteiger partial charge in [-0.25, -0.2) is 32.5 Å². The number of rotatable bonds is 24. The number of urea groups is 1. The molecule has 12 rings (SSSR count). The first-order chi connectivity index (χ1) is 50.9. The maximum atomic E-state index is 13.1. The van der Waals surface area contributed by atoms with Gasteiger partial charge in [-0.3, -0.25) is 24.6 Å². The van der Waals surface area contributed by atoms with Gasteiger partial charge in [0.15, 0.2) is 0 Å². The van der Waals surface area contributed by atoms with E-state index >= 15 is 0 Å². The van der Waals surface area contributed by atoms with Gasteiger partial charge in [-0.15, -0.1) is 11.8 Å². The molecule has 5 amide bonds. The summed E-state index contributed by atoms with van der Waals surface area (Å²) >= 11 is 1.96. The summed E-state index contributed by atoms with van der Waals surface area (Å²) in [4.78, 5) is 88.8.